The smallest absolute Gasteiger partial charge is 0.346 e. The predicted octanol–water partition coefficient (Wildman–Crippen LogP) is 3.76. The average molecular weight is 456 g/mol. The van der Waals surface area contributed by atoms with Gasteiger partial charge in [-0.25, -0.2) is 4.79 Å². The molecule has 0 radical (unpaired) electrons. The average Bonchev–Trinajstić information content (AvgIpc) is 3.30. The van der Waals surface area contributed by atoms with Crippen LogP contribution in [-0.4, -0.2) is 53.6 Å². The van der Waals surface area contributed by atoms with Crippen molar-refractivity contribution in [2.45, 2.75) is 27.4 Å². The van der Waals surface area contributed by atoms with Crippen LogP contribution < -0.4 is 10.5 Å². The normalized spacial score (nSPS) is 13.9. The molecule has 3 aromatic rings. The maximum absolute atomic E-state index is 13.2. The highest BCUT2D eigenvalue weighted by Gasteiger charge is 2.30. The van der Waals surface area contributed by atoms with E-state index < -0.39 is 5.97 Å². The third-order valence-electron chi connectivity index (χ3n) is 5.44. The summed E-state index contributed by atoms with van der Waals surface area (Å²) in [7, 11) is 1.66. The van der Waals surface area contributed by atoms with E-state index in [-0.39, 0.29) is 30.6 Å². The number of carbonyl (C=O) groups excluding carboxylic acids is 2. The van der Waals surface area contributed by atoms with Gasteiger partial charge in [0, 0.05) is 38.6 Å². The molecule has 1 fully saturated rings. The van der Waals surface area contributed by atoms with Gasteiger partial charge in [-0.05, 0) is 31.4 Å². The fraction of sp³-hybridized carbons (Fsp3) is 0.375. The fourth-order valence-electron chi connectivity index (χ4n) is 3.95. The van der Waals surface area contributed by atoms with Gasteiger partial charge in [0.15, 0.2) is 0 Å². The van der Waals surface area contributed by atoms with Crippen molar-refractivity contribution in [3.05, 3.63) is 62.6 Å². The van der Waals surface area contributed by atoms with Crippen molar-refractivity contribution in [2.75, 3.05) is 31.1 Å². The first-order valence-electron chi connectivity index (χ1n) is 10.3. The van der Waals surface area contributed by atoms with E-state index in [0.29, 0.717) is 36.7 Å². The fourth-order valence-corrected chi connectivity index (χ4v) is 4.64. The molecule has 1 saturated heterocycles. The molecule has 1 aromatic carbocycles. The number of thiophene rings is 1. The molecular weight excluding hydrogens is 426 g/mol. The lowest BCUT2D eigenvalue weighted by molar-refractivity contribution is 0.0375. The molecule has 4 rings (SSSR count). The number of fused-ring (bicyclic) bond motifs is 1. The van der Waals surface area contributed by atoms with Crippen molar-refractivity contribution in [1.29, 1.82) is 0 Å². The van der Waals surface area contributed by atoms with E-state index in [1.54, 1.807) is 20.9 Å². The monoisotopic (exact) mass is 455 g/mol. The van der Waals surface area contributed by atoms with Crippen LogP contribution in [-0.2, 0) is 11.8 Å². The summed E-state index contributed by atoms with van der Waals surface area (Å²) in [6.45, 7) is 5.60. The van der Waals surface area contributed by atoms with Crippen molar-refractivity contribution in [2.24, 2.45) is 7.05 Å². The van der Waals surface area contributed by atoms with Gasteiger partial charge in [-0.1, -0.05) is 31.7 Å². The highest BCUT2D eigenvalue weighted by molar-refractivity contribution is 7.12. The molecular formula is C24H29N3O4S. The maximum Gasteiger partial charge on any atom is 0.346 e. The zero-order valence-corrected chi connectivity index (χ0v) is 18.6. The van der Waals surface area contributed by atoms with Crippen LogP contribution in [0.2, 0.25) is 0 Å². The number of anilines is 1. The Kier molecular flexibility index (Phi) is 7.03. The number of hydrogen-bond acceptors (Lipinski definition) is 6. The Morgan fingerprint density at radius 1 is 1.03 bits per heavy atom. The van der Waals surface area contributed by atoms with Crippen LogP contribution in [0, 0.1) is 0 Å². The summed E-state index contributed by atoms with van der Waals surface area (Å²) in [6, 6.07) is 11.2. The minimum Gasteiger partial charge on any atom is -0.459 e. The molecule has 7 nitrogen and oxygen atoms in total. The number of ether oxygens (including phenoxy) is 1. The van der Waals surface area contributed by atoms with Crippen LogP contribution in [0.4, 0.5) is 5.69 Å². The van der Waals surface area contributed by atoms with Gasteiger partial charge in [0.25, 0.3) is 11.5 Å². The van der Waals surface area contributed by atoms with Gasteiger partial charge < -0.3 is 19.1 Å². The number of hydrogen-bond donors (Lipinski definition) is 0. The molecule has 1 amide bonds. The quantitative estimate of drug-likeness (QED) is 0.560. The number of piperazine rings is 1. The van der Waals surface area contributed by atoms with Crippen LogP contribution in [0.5, 0.6) is 0 Å². The predicted molar refractivity (Wildman–Crippen MR) is 129 cm³/mol. The summed E-state index contributed by atoms with van der Waals surface area (Å²) in [5.74, 6) is -0.601. The highest BCUT2D eigenvalue weighted by Crippen LogP contribution is 2.30. The second-order valence-corrected chi connectivity index (χ2v) is 8.76. The zero-order valence-electron chi connectivity index (χ0n) is 17.8. The van der Waals surface area contributed by atoms with Crippen LogP contribution in [0.3, 0.4) is 0 Å². The molecule has 32 heavy (non-hydrogen) atoms. The van der Waals surface area contributed by atoms with Gasteiger partial charge >= 0.3 is 5.97 Å². The summed E-state index contributed by atoms with van der Waals surface area (Å²) in [6.07, 6.45) is -0.336. The second kappa shape index (κ2) is 9.56. The molecule has 0 saturated carbocycles. The molecule has 0 N–H and O–H groups in total. The molecule has 3 heterocycles. The molecule has 0 spiro atoms. The van der Waals surface area contributed by atoms with Crippen LogP contribution in [0.15, 0.2) is 46.6 Å². The lowest BCUT2D eigenvalue weighted by Crippen LogP contribution is -2.49. The number of nitrogens with zero attached hydrogens (tertiary/aromatic N) is 3. The van der Waals surface area contributed by atoms with Crippen LogP contribution in [0.1, 0.15) is 41.3 Å². The van der Waals surface area contributed by atoms with Gasteiger partial charge in [0.2, 0.25) is 0 Å². The van der Waals surface area contributed by atoms with E-state index in [4.69, 9.17) is 4.74 Å². The first-order chi connectivity index (χ1) is 14.9. The van der Waals surface area contributed by atoms with Crippen molar-refractivity contribution >= 4 is 39.8 Å². The number of amides is 1. The van der Waals surface area contributed by atoms with Crippen molar-refractivity contribution in [1.82, 2.24) is 9.47 Å². The Bertz CT molecular complexity index is 1180. The Morgan fingerprint density at radius 3 is 2.34 bits per heavy atom. The van der Waals surface area contributed by atoms with Gasteiger partial charge in [-0.15, -0.1) is 11.3 Å². The second-order valence-electron chi connectivity index (χ2n) is 7.82. The SMILES string of the molecule is C.CC(C)OC(=O)c1c(N2CCN(C(=O)c3cccs3)CC2)c2ccccc2n(C)c1=O. The molecule has 170 valence electrons. The molecule has 1 aliphatic rings. The first-order valence-corrected chi connectivity index (χ1v) is 11.2. The molecule has 0 unspecified atom stereocenters. The summed E-state index contributed by atoms with van der Waals surface area (Å²) in [5.41, 5.74) is 1.01. The largest absolute Gasteiger partial charge is 0.459 e. The number of pyridine rings is 1. The molecule has 0 aliphatic carbocycles. The van der Waals surface area contributed by atoms with E-state index in [1.165, 1.54) is 15.9 Å². The summed E-state index contributed by atoms with van der Waals surface area (Å²) >= 11 is 1.43. The minimum atomic E-state index is -0.617. The van der Waals surface area contributed by atoms with Crippen LogP contribution in [0.25, 0.3) is 10.9 Å². The van der Waals surface area contributed by atoms with E-state index >= 15 is 0 Å². The van der Waals surface area contributed by atoms with Crippen molar-refractivity contribution in [3.8, 4) is 0 Å². The lowest BCUT2D eigenvalue weighted by Gasteiger charge is -2.37. The third-order valence-corrected chi connectivity index (χ3v) is 6.30. The van der Waals surface area contributed by atoms with Gasteiger partial charge in [0.05, 0.1) is 22.2 Å². The van der Waals surface area contributed by atoms with Gasteiger partial charge in [-0.3, -0.25) is 9.59 Å². The lowest BCUT2D eigenvalue weighted by atomic mass is 10.1. The van der Waals surface area contributed by atoms with Gasteiger partial charge in [0.1, 0.15) is 5.56 Å². The van der Waals surface area contributed by atoms with E-state index in [9.17, 15) is 14.4 Å². The van der Waals surface area contributed by atoms with E-state index in [2.05, 4.69) is 0 Å². The number of rotatable bonds is 4. The molecule has 0 atom stereocenters. The summed E-state index contributed by atoms with van der Waals surface area (Å²) in [5, 5.41) is 2.71. The molecule has 2 aromatic heterocycles. The maximum atomic E-state index is 13.2. The molecule has 0 bridgehead atoms. The van der Waals surface area contributed by atoms with Crippen molar-refractivity contribution < 1.29 is 14.3 Å². The minimum absolute atomic E-state index is 0. The van der Waals surface area contributed by atoms with Gasteiger partial charge in [-0.2, -0.15) is 0 Å². The van der Waals surface area contributed by atoms with E-state index in [0.717, 1.165) is 10.9 Å². The zero-order chi connectivity index (χ0) is 22.1. The highest BCUT2D eigenvalue weighted by atomic mass is 32.1. The third kappa shape index (κ3) is 4.27. The molecule has 8 heteroatoms. The number of aromatic nitrogens is 1. The van der Waals surface area contributed by atoms with E-state index in [1.807, 2.05) is 51.6 Å². The number of esters is 1. The Balaban J connectivity index is 0.00000289. The molecule has 1 aliphatic heterocycles. The number of aryl methyl sites for hydroxylation is 1. The van der Waals surface area contributed by atoms with Crippen molar-refractivity contribution in [3.63, 3.8) is 0 Å². The summed E-state index contributed by atoms with van der Waals surface area (Å²) < 4.78 is 6.91. The topological polar surface area (TPSA) is 71.8 Å². The Morgan fingerprint density at radius 2 is 1.72 bits per heavy atom. The number of benzene rings is 1. The first kappa shape index (κ1) is 23.5. The Labute approximate surface area is 191 Å². The van der Waals surface area contributed by atoms with Crippen LogP contribution >= 0.6 is 11.3 Å². The standard InChI is InChI=1S/C23H25N3O4S.CH4/c1-15(2)30-23(29)19-20(16-7-4-5-8-17(16)24(3)22(19)28)25-10-12-26(13-11-25)21(27)18-9-6-14-31-18;/h4-9,14-15H,10-13H2,1-3H3;1H4. The number of carbonyl (C=O) groups is 2. The Hall–Kier alpha value is -3.13. The summed E-state index contributed by atoms with van der Waals surface area (Å²) in [4.78, 5) is 43.4. The number of para-hydroxylation sites is 1.